The molecule has 0 fully saturated rings. The number of hydrogen-bond donors (Lipinski definition) is 1. The molecular weight excluding hydrogens is 317 g/mol. The molecule has 2 aromatic rings. The molecular formula is C17H18FNO3S. The van der Waals surface area contributed by atoms with Crippen molar-refractivity contribution in [1.29, 1.82) is 0 Å². The number of carbonyl (C=O) groups excluding carboxylic acids is 1. The van der Waals surface area contributed by atoms with Crippen molar-refractivity contribution in [2.24, 2.45) is 0 Å². The van der Waals surface area contributed by atoms with Gasteiger partial charge in [-0.05, 0) is 35.7 Å². The summed E-state index contributed by atoms with van der Waals surface area (Å²) in [7, 11) is -3.15. The highest BCUT2D eigenvalue weighted by molar-refractivity contribution is 7.89. The number of nitrogens with one attached hydrogen (secondary N) is 1. The fourth-order valence-electron chi connectivity index (χ4n) is 2.22. The van der Waals surface area contributed by atoms with Crippen molar-refractivity contribution in [2.45, 2.75) is 12.2 Å². The van der Waals surface area contributed by atoms with Gasteiger partial charge in [0.15, 0.2) is 9.84 Å². The highest BCUT2D eigenvalue weighted by Crippen LogP contribution is 2.09. The Balaban J connectivity index is 1.96. The monoisotopic (exact) mass is 335 g/mol. The van der Waals surface area contributed by atoms with Gasteiger partial charge in [-0.3, -0.25) is 4.79 Å². The molecule has 1 amide bonds. The van der Waals surface area contributed by atoms with Crippen molar-refractivity contribution in [2.75, 3.05) is 12.8 Å². The Morgan fingerprint density at radius 3 is 2.57 bits per heavy atom. The molecule has 0 aromatic heterocycles. The summed E-state index contributed by atoms with van der Waals surface area (Å²) in [5.74, 6) is -0.711. The molecule has 4 nitrogen and oxygen atoms in total. The van der Waals surface area contributed by atoms with E-state index in [-0.39, 0.29) is 17.5 Å². The molecule has 1 N–H and O–H groups in total. The quantitative estimate of drug-likeness (QED) is 0.881. The van der Waals surface area contributed by atoms with Gasteiger partial charge in [-0.2, -0.15) is 0 Å². The van der Waals surface area contributed by atoms with Gasteiger partial charge in [0.1, 0.15) is 5.82 Å². The molecule has 0 radical (unpaired) electrons. The van der Waals surface area contributed by atoms with Crippen LogP contribution in [0.3, 0.4) is 0 Å². The maximum Gasteiger partial charge on any atom is 0.251 e. The van der Waals surface area contributed by atoms with E-state index >= 15 is 0 Å². The Kier molecular flexibility index (Phi) is 5.50. The van der Waals surface area contributed by atoms with Gasteiger partial charge in [0.25, 0.3) is 5.91 Å². The summed E-state index contributed by atoms with van der Waals surface area (Å²) in [6.07, 6.45) is 1.54. The van der Waals surface area contributed by atoms with Gasteiger partial charge >= 0.3 is 0 Å². The van der Waals surface area contributed by atoms with E-state index < -0.39 is 9.84 Å². The fourth-order valence-corrected chi connectivity index (χ4v) is 3.00. The van der Waals surface area contributed by atoms with Crippen molar-refractivity contribution in [3.8, 4) is 0 Å². The molecule has 0 aliphatic carbocycles. The van der Waals surface area contributed by atoms with Crippen LogP contribution in [0.5, 0.6) is 0 Å². The predicted octanol–water partition coefficient (Wildman–Crippen LogP) is 2.34. The van der Waals surface area contributed by atoms with Crippen LogP contribution in [0.15, 0.2) is 48.5 Å². The first-order chi connectivity index (χ1) is 10.8. The predicted molar refractivity (Wildman–Crippen MR) is 87.4 cm³/mol. The van der Waals surface area contributed by atoms with E-state index in [2.05, 4.69) is 5.32 Å². The molecule has 0 aliphatic heterocycles. The summed E-state index contributed by atoms with van der Waals surface area (Å²) in [6.45, 7) is 0.302. The molecule has 0 saturated carbocycles. The molecule has 0 bridgehead atoms. The van der Waals surface area contributed by atoms with Crippen LogP contribution >= 0.6 is 0 Å². The van der Waals surface area contributed by atoms with Crippen molar-refractivity contribution in [3.63, 3.8) is 0 Å². The Labute approximate surface area is 135 Å². The molecule has 0 atom stereocenters. The summed E-state index contributed by atoms with van der Waals surface area (Å²) in [5.41, 5.74) is 1.49. The Morgan fingerprint density at radius 2 is 1.87 bits per heavy atom. The highest BCUT2D eigenvalue weighted by atomic mass is 32.2. The van der Waals surface area contributed by atoms with E-state index in [1.165, 1.54) is 6.07 Å². The van der Waals surface area contributed by atoms with Crippen LogP contribution in [0.25, 0.3) is 0 Å². The molecule has 0 saturated heterocycles. The number of amides is 1. The fraction of sp³-hybridized carbons (Fsp3) is 0.235. The van der Waals surface area contributed by atoms with Gasteiger partial charge in [-0.1, -0.05) is 30.3 Å². The van der Waals surface area contributed by atoms with Gasteiger partial charge in [-0.15, -0.1) is 0 Å². The van der Waals surface area contributed by atoms with E-state index in [0.29, 0.717) is 29.7 Å². The topological polar surface area (TPSA) is 63.2 Å². The Morgan fingerprint density at radius 1 is 1.13 bits per heavy atom. The largest absolute Gasteiger partial charge is 0.352 e. The van der Waals surface area contributed by atoms with Gasteiger partial charge in [-0.25, -0.2) is 12.8 Å². The second kappa shape index (κ2) is 7.37. The van der Waals surface area contributed by atoms with Crippen LogP contribution in [0, 0.1) is 5.82 Å². The number of carbonyl (C=O) groups is 1. The van der Waals surface area contributed by atoms with Crippen LogP contribution < -0.4 is 5.32 Å². The van der Waals surface area contributed by atoms with Crippen LogP contribution in [-0.4, -0.2) is 27.1 Å². The van der Waals surface area contributed by atoms with Crippen molar-refractivity contribution < 1.29 is 17.6 Å². The summed E-state index contributed by atoms with van der Waals surface area (Å²) in [5, 5.41) is 2.71. The zero-order chi connectivity index (χ0) is 16.9. The molecule has 23 heavy (non-hydrogen) atoms. The number of hydrogen-bond acceptors (Lipinski definition) is 3. The summed E-state index contributed by atoms with van der Waals surface area (Å²) in [6, 6.07) is 12.9. The number of benzene rings is 2. The van der Waals surface area contributed by atoms with E-state index in [1.54, 1.807) is 42.5 Å². The van der Waals surface area contributed by atoms with Gasteiger partial charge in [0.05, 0.1) is 5.75 Å². The average molecular weight is 335 g/mol. The third-order valence-electron chi connectivity index (χ3n) is 3.26. The van der Waals surface area contributed by atoms with Crippen LogP contribution in [0.4, 0.5) is 4.39 Å². The van der Waals surface area contributed by atoms with E-state index in [1.807, 2.05) is 0 Å². The average Bonchev–Trinajstić information content (AvgIpc) is 2.47. The van der Waals surface area contributed by atoms with Gasteiger partial charge in [0, 0.05) is 18.4 Å². The molecule has 2 aromatic carbocycles. The summed E-state index contributed by atoms with van der Waals surface area (Å²) in [4.78, 5) is 12.1. The van der Waals surface area contributed by atoms with E-state index in [0.717, 1.165) is 6.26 Å². The molecule has 0 heterocycles. The van der Waals surface area contributed by atoms with Crippen molar-refractivity contribution in [3.05, 3.63) is 71.0 Å². The van der Waals surface area contributed by atoms with Crippen LogP contribution in [0.1, 0.15) is 21.5 Å². The maximum absolute atomic E-state index is 13.5. The normalized spacial score (nSPS) is 11.2. The lowest BCUT2D eigenvalue weighted by Gasteiger charge is -2.07. The zero-order valence-corrected chi connectivity index (χ0v) is 13.6. The third-order valence-corrected chi connectivity index (χ3v) is 4.11. The first-order valence-electron chi connectivity index (χ1n) is 7.13. The standard InChI is InChI=1S/C17H18FNO3S/c1-23(21,22)12-13-5-4-7-15(11-13)17(20)19-10-9-14-6-2-3-8-16(14)18/h2-8,11H,9-10,12H2,1H3,(H,19,20). The van der Waals surface area contributed by atoms with Crippen molar-refractivity contribution in [1.82, 2.24) is 5.32 Å². The highest BCUT2D eigenvalue weighted by Gasteiger charge is 2.09. The third kappa shape index (κ3) is 5.49. The molecule has 0 spiro atoms. The lowest BCUT2D eigenvalue weighted by atomic mass is 10.1. The SMILES string of the molecule is CS(=O)(=O)Cc1cccc(C(=O)NCCc2ccccc2F)c1. The minimum absolute atomic E-state index is 0.108. The van der Waals surface area contributed by atoms with Crippen molar-refractivity contribution >= 4 is 15.7 Å². The zero-order valence-electron chi connectivity index (χ0n) is 12.8. The second-order valence-electron chi connectivity index (χ2n) is 5.37. The first-order valence-corrected chi connectivity index (χ1v) is 9.19. The van der Waals surface area contributed by atoms with Crippen LogP contribution in [0.2, 0.25) is 0 Å². The number of halogens is 1. The minimum Gasteiger partial charge on any atom is -0.352 e. The first kappa shape index (κ1) is 17.1. The Bertz CT molecular complexity index is 803. The van der Waals surface area contributed by atoms with E-state index in [4.69, 9.17) is 0 Å². The number of sulfone groups is 1. The molecule has 6 heteroatoms. The summed E-state index contributed by atoms with van der Waals surface area (Å²) < 4.78 is 36.1. The lowest BCUT2D eigenvalue weighted by Crippen LogP contribution is -2.26. The second-order valence-corrected chi connectivity index (χ2v) is 7.51. The minimum atomic E-state index is -3.15. The smallest absolute Gasteiger partial charge is 0.251 e. The van der Waals surface area contributed by atoms with E-state index in [9.17, 15) is 17.6 Å². The van der Waals surface area contributed by atoms with Crippen LogP contribution in [-0.2, 0) is 22.0 Å². The maximum atomic E-state index is 13.5. The number of rotatable bonds is 6. The molecule has 0 unspecified atom stereocenters. The van der Waals surface area contributed by atoms with Gasteiger partial charge in [0.2, 0.25) is 0 Å². The Hall–Kier alpha value is -2.21. The molecule has 122 valence electrons. The molecule has 0 aliphatic rings. The lowest BCUT2D eigenvalue weighted by molar-refractivity contribution is 0.0954. The summed E-state index contributed by atoms with van der Waals surface area (Å²) >= 11 is 0. The van der Waals surface area contributed by atoms with Gasteiger partial charge < -0.3 is 5.32 Å². The molecule has 2 rings (SSSR count).